The van der Waals surface area contributed by atoms with Crippen molar-refractivity contribution in [2.24, 2.45) is 0 Å². The maximum Gasteiger partial charge on any atom is 0.265 e. The molecule has 0 unspecified atom stereocenters. The molecule has 0 bridgehead atoms. The molecule has 4 heterocycles. The summed E-state index contributed by atoms with van der Waals surface area (Å²) in [4.78, 5) is 20.0. The lowest BCUT2D eigenvalue weighted by Crippen LogP contribution is -2.37. The van der Waals surface area contributed by atoms with E-state index in [2.05, 4.69) is 21.8 Å². The van der Waals surface area contributed by atoms with Crippen LogP contribution in [0, 0.1) is 0 Å². The van der Waals surface area contributed by atoms with Crippen LogP contribution in [0.4, 0.5) is 0 Å². The van der Waals surface area contributed by atoms with E-state index < -0.39 is 0 Å². The number of carbonyl (C=O) groups is 1. The summed E-state index contributed by atoms with van der Waals surface area (Å²) in [6, 6.07) is 7.96. The van der Waals surface area contributed by atoms with Crippen LogP contribution in [-0.4, -0.2) is 35.7 Å². The summed E-state index contributed by atoms with van der Waals surface area (Å²) in [7, 11) is 0. The molecule has 0 aliphatic carbocycles. The standard InChI is InChI=1S/C20H18N2O3S2/c23-20(22-6-3-13(4-7-22)15-5-8-26-11-15)18-10-21-19(27-18)14-1-2-16-17(9-14)25-12-24-16/h1-2,5,8-11,13H,3-4,6-7,12H2. The highest BCUT2D eigenvalue weighted by atomic mass is 32.1. The molecule has 138 valence electrons. The smallest absolute Gasteiger partial charge is 0.265 e. The van der Waals surface area contributed by atoms with Gasteiger partial charge in [-0.2, -0.15) is 11.3 Å². The Kier molecular flexibility index (Phi) is 4.33. The number of thiazole rings is 1. The first-order valence-corrected chi connectivity index (χ1v) is 10.7. The van der Waals surface area contributed by atoms with E-state index in [1.807, 2.05) is 23.1 Å². The third-order valence-corrected chi connectivity index (χ3v) is 6.87. The molecule has 1 saturated heterocycles. The molecule has 2 aromatic heterocycles. The molecule has 1 aromatic carbocycles. The molecule has 0 spiro atoms. The van der Waals surface area contributed by atoms with E-state index >= 15 is 0 Å². The van der Waals surface area contributed by atoms with Crippen molar-refractivity contribution < 1.29 is 14.3 Å². The van der Waals surface area contributed by atoms with Crippen molar-refractivity contribution in [2.45, 2.75) is 18.8 Å². The molecule has 7 heteroatoms. The Morgan fingerprint density at radius 1 is 1.15 bits per heavy atom. The fourth-order valence-corrected chi connectivity index (χ4v) is 5.24. The number of hydrogen-bond donors (Lipinski definition) is 0. The number of benzene rings is 1. The highest BCUT2D eigenvalue weighted by Gasteiger charge is 2.26. The molecule has 1 fully saturated rings. The van der Waals surface area contributed by atoms with Crippen LogP contribution in [0.2, 0.25) is 0 Å². The van der Waals surface area contributed by atoms with Crippen molar-refractivity contribution >= 4 is 28.6 Å². The van der Waals surface area contributed by atoms with Crippen molar-refractivity contribution in [3.05, 3.63) is 51.7 Å². The highest BCUT2D eigenvalue weighted by molar-refractivity contribution is 7.16. The fraction of sp³-hybridized carbons (Fsp3) is 0.300. The molecular formula is C20H18N2O3S2. The second-order valence-electron chi connectivity index (χ2n) is 6.72. The number of rotatable bonds is 3. The Morgan fingerprint density at radius 3 is 2.81 bits per heavy atom. The van der Waals surface area contributed by atoms with E-state index in [9.17, 15) is 4.79 Å². The van der Waals surface area contributed by atoms with Crippen LogP contribution in [0.3, 0.4) is 0 Å². The summed E-state index contributed by atoms with van der Waals surface area (Å²) in [6.07, 6.45) is 3.74. The zero-order valence-corrected chi connectivity index (χ0v) is 16.2. The average Bonchev–Trinajstić information content (AvgIpc) is 3.48. The number of ether oxygens (including phenoxy) is 2. The van der Waals surface area contributed by atoms with Crippen LogP contribution >= 0.6 is 22.7 Å². The maximum atomic E-state index is 12.9. The van der Waals surface area contributed by atoms with Crippen molar-refractivity contribution in [1.29, 1.82) is 0 Å². The lowest BCUT2D eigenvalue weighted by molar-refractivity contribution is 0.0717. The number of amides is 1. The molecule has 0 saturated carbocycles. The molecule has 0 radical (unpaired) electrons. The number of thiophene rings is 1. The van der Waals surface area contributed by atoms with Crippen LogP contribution in [0.15, 0.2) is 41.2 Å². The Balaban J connectivity index is 1.28. The number of piperidine rings is 1. The van der Waals surface area contributed by atoms with Gasteiger partial charge >= 0.3 is 0 Å². The van der Waals surface area contributed by atoms with Gasteiger partial charge in [-0.25, -0.2) is 4.98 Å². The van der Waals surface area contributed by atoms with Gasteiger partial charge in [0.2, 0.25) is 6.79 Å². The van der Waals surface area contributed by atoms with Crippen molar-refractivity contribution in [1.82, 2.24) is 9.88 Å². The van der Waals surface area contributed by atoms with E-state index in [0.717, 1.165) is 48.0 Å². The second kappa shape index (κ2) is 6.98. The zero-order chi connectivity index (χ0) is 18.2. The van der Waals surface area contributed by atoms with Crippen molar-refractivity contribution in [2.75, 3.05) is 19.9 Å². The number of hydrogen-bond acceptors (Lipinski definition) is 6. The predicted octanol–water partition coefficient (Wildman–Crippen LogP) is 4.62. The van der Waals surface area contributed by atoms with Gasteiger partial charge in [0.05, 0.1) is 6.20 Å². The van der Waals surface area contributed by atoms with Gasteiger partial charge in [0.15, 0.2) is 11.5 Å². The summed E-state index contributed by atoms with van der Waals surface area (Å²) in [5, 5.41) is 5.18. The van der Waals surface area contributed by atoms with Gasteiger partial charge in [0.1, 0.15) is 9.88 Å². The first-order valence-electron chi connectivity index (χ1n) is 8.95. The molecule has 0 N–H and O–H groups in total. The highest BCUT2D eigenvalue weighted by Crippen LogP contribution is 2.37. The SMILES string of the molecule is O=C(c1cnc(-c2ccc3c(c2)OCO3)s1)N1CCC(c2ccsc2)CC1. The van der Waals surface area contributed by atoms with Gasteiger partial charge in [-0.15, -0.1) is 11.3 Å². The lowest BCUT2D eigenvalue weighted by atomic mass is 9.91. The summed E-state index contributed by atoms with van der Waals surface area (Å²) in [6.45, 7) is 1.86. The average molecular weight is 399 g/mol. The van der Waals surface area contributed by atoms with Gasteiger partial charge < -0.3 is 14.4 Å². The van der Waals surface area contributed by atoms with E-state index in [-0.39, 0.29) is 12.7 Å². The van der Waals surface area contributed by atoms with Crippen LogP contribution in [-0.2, 0) is 0 Å². The second-order valence-corrected chi connectivity index (χ2v) is 8.53. The maximum absolute atomic E-state index is 12.9. The van der Waals surface area contributed by atoms with E-state index in [1.54, 1.807) is 17.5 Å². The Bertz CT molecular complexity index is 960. The number of likely N-dealkylation sites (tertiary alicyclic amines) is 1. The summed E-state index contributed by atoms with van der Waals surface area (Å²) in [5.41, 5.74) is 2.36. The molecule has 2 aliphatic heterocycles. The largest absolute Gasteiger partial charge is 0.454 e. The molecule has 3 aromatic rings. The third kappa shape index (κ3) is 3.21. The van der Waals surface area contributed by atoms with Gasteiger partial charge in [-0.1, -0.05) is 0 Å². The molecule has 5 rings (SSSR count). The van der Waals surface area contributed by atoms with Crippen LogP contribution < -0.4 is 9.47 Å². The van der Waals surface area contributed by atoms with Gasteiger partial charge in [-0.3, -0.25) is 4.79 Å². The minimum atomic E-state index is 0.0864. The van der Waals surface area contributed by atoms with Gasteiger partial charge in [0, 0.05) is 18.7 Å². The molecule has 0 atom stereocenters. The molecule has 2 aliphatic rings. The minimum Gasteiger partial charge on any atom is -0.454 e. The van der Waals surface area contributed by atoms with Crippen molar-refractivity contribution in [3.63, 3.8) is 0 Å². The van der Waals surface area contributed by atoms with E-state index in [1.165, 1.54) is 16.9 Å². The predicted molar refractivity (Wildman–Crippen MR) is 106 cm³/mol. The number of fused-ring (bicyclic) bond motifs is 1. The van der Waals surface area contributed by atoms with Crippen LogP contribution in [0.25, 0.3) is 10.6 Å². The van der Waals surface area contributed by atoms with E-state index in [0.29, 0.717) is 10.8 Å². The van der Waals surface area contributed by atoms with Crippen molar-refractivity contribution in [3.8, 4) is 22.1 Å². The minimum absolute atomic E-state index is 0.0864. The Labute approximate surface area is 165 Å². The van der Waals surface area contributed by atoms with Gasteiger partial charge in [-0.05, 0) is 59.3 Å². The lowest BCUT2D eigenvalue weighted by Gasteiger charge is -2.31. The third-order valence-electron chi connectivity index (χ3n) is 5.13. The first kappa shape index (κ1) is 16.8. The quantitative estimate of drug-likeness (QED) is 0.646. The number of aromatic nitrogens is 1. The fourth-order valence-electron chi connectivity index (χ4n) is 3.62. The van der Waals surface area contributed by atoms with Gasteiger partial charge in [0.25, 0.3) is 5.91 Å². The number of nitrogens with zero attached hydrogens (tertiary/aromatic N) is 2. The first-order chi connectivity index (χ1) is 13.3. The van der Waals surface area contributed by atoms with Crippen LogP contribution in [0.1, 0.15) is 34.0 Å². The number of carbonyl (C=O) groups excluding carboxylic acids is 1. The molecule has 5 nitrogen and oxygen atoms in total. The monoisotopic (exact) mass is 398 g/mol. The molecule has 27 heavy (non-hydrogen) atoms. The molecular weight excluding hydrogens is 380 g/mol. The van der Waals surface area contributed by atoms with Crippen LogP contribution in [0.5, 0.6) is 11.5 Å². The summed E-state index contributed by atoms with van der Waals surface area (Å²) in [5.74, 6) is 2.14. The topological polar surface area (TPSA) is 51.7 Å². The summed E-state index contributed by atoms with van der Waals surface area (Å²) >= 11 is 3.18. The Hall–Kier alpha value is -2.38. The van der Waals surface area contributed by atoms with E-state index in [4.69, 9.17) is 9.47 Å². The molecule has 1 amide bonds. The summed E-state index contributed by atoms with van der Waals surface area (Å²) < 4.78 is 10.8. The normalized spacial score (nSPS) is 16.7. The zero-order valence-electron chi connectivity index (χ0n) is 14.6. The Morgan fingerprint density at radius 2 is 2.00 bits per heavy atom.